The summed E-state index contributed by atoms with van der Waals surface area (Å²) in [5, 5.41) is 1.58. The van der Waals surface area contributed by atoms with E-state index in [-0.39, 0.29) is 17.1 Å². The molecule has 0 aliphatic carbocycles. The zero-order valence-electron chi connectivity index (χ0n) is 14.4. The predicted octanol–water partition coefficient (Wildman–Crippen LogP) is 3.67. The van der Waals surface area contributed by atoms with Crippen LogP contribution in [0.1, 0.15) is 11.1 Å². The zero-order valence-corrected chi connectivity index (χ0v) is 15.2. The summed E-state index contributed by atoms with van der Waals surface area (Å²) in [4.78, 5) is 11.2. The van der Waals surface area contributed by atoms with E-state index < -0.39 is 10.1 Å². The fraction of sp³-hybridized carbons (Fsp3) is 0.150. The molecule has 0 unspecified atom stereocenters. The first-order chi connectivity index (χ1) is 12.4. The Balaban J connectivity index is 2.10. The molecule has 3 rings (SSSR count). The largest absolute Gasteiger partial charge is 0.497 e. The zero-order chi connectivity index (χ0) is 18.7. The maximum Gasteiger partial charge on any atom is 0.339 e. The molecule has 0 amide bonds. The summed E-state index contributed by atoms with van der Waals surface area (Å²) in [6.45, 7) is 1.87. The lowest BCUT2D eigenvalue weighted by Crippen LogP contribution is -2.11. The lowest BCUT2D eigenvalue weighted by atomic mass is 10.0. The highest BCUT2D eigenvalue weighted by atomic mass is 32.2. The van der Waals surface area contributed by atoms with Gasteiger partial charge in [0.15, 0.2) is 0 Å². The summed E-state index contributed by atoms with van der Waals surface area (Å²) in [7, 11) is -2.46. The molecule has 6 heteroatoms. The Morgan fingerprint density at radius 2 is 1.69 bits per heavy atom. The minimum absolute atomic E-state index is 0.0310. The first kappa shape index (κ1) is 17.9. The van der Waals surface area contributed by atoms with Gasteiger partial charge in [0, 0.05) is 12.0 Å². The Kier molecular flexibility index (Phi) is 4.95. The molecule has 0 aromatic heterocycles. The topological polar surface area (TPSA) is 69.7 Å². The number of aldehydes is 1. The molecule has 134 valence electrons. The number of carbonyl (C=O) groups excluding carboxylic acids is 1. The Morgan fingerprint density at radius 3 is 2.35 bits per heavy atom. The maximum absolute atomic E-state index is 12.6. The molecular formula is C20H18O5S. The van der Waals surface area contributed by atoms with Gasteiger partial charge in [-0.2, -0.15) is 8.42 Å². The predicted molar refractivity (Wildman–Crippen MR) is 99.3 cm³/mol. The van der Waals surface area contributed by atoms with E-state index in [0.717, 1.165) is 17.2 Å². The second kappa shape index (κ2) is 7.17. The molecule has 0 N–H and O–H groups in total. The van der Waals surface area contributed by atoms with E-state index in [2.05, 4.69) is 0 Å². The summed E-state index contributed by atoms with van der Waals surface area (Å²) in [6, 6.07) is 15.1. The molecular weight excluding hydrogens is 352 g/mol. The van der Waals surface area contributed by atoms with Crippen LogP contribution in [-0.2, 0) is 21.3 Å². The quantitative estimate of drug-likeness (QED) is 0.489. The fourth-order valence-corrected chi connectivity index (χ4v) is 3.67. The average molecular weight is 370 g/mol. The third-order valence-electron chi connectivity index (χ3n) is 4.09. The van der Waals surface area contributed by atoms with Crippen molar-refractivity contribution in [3.05, 3.63) is 65.7 Å². The maximum atomic E-state index is 12.6. The SMILES string of the molecule is COc1ccc2ccc(OS(=O)(=O)c3ccc(C)cc3)c(CC=O)c2c1. The van der Waals surface area contributed by atoms with Crippen LogP contribution in [0, 0.1) is 6.92 Å². The van der Waals surface area contributed by atoms with Crippen LogP contribution < -0.4 is 8.92 Å². The van der Waals surface area contributed by atoms with Crippen molar-refractivity contribution in [2.24, 2.45) is 0 Å². The second-order valence-corrected chi connectivity index (χ2v) is 7.40. The van der Waals surface area contributed by atoms with Gasteiger partial charge < -0.3 is 13.7 Å². The number of hydrogen-bond donors (Lipinski definition) is 0. The van der Waals surface area contributed by atoms with Gasteiger partial charge in [-0.3, -0.25) is 0 Å². The van der Waals surface area contributed by atoms with E-state index >= 15 is 0 Å². The number of benzene rings is 3. The van der Waals surface area contributed by atoms with Crippen LogP contribution in [0.5, 0.6) is 11.5 Å². The van der Waals surface area contributed by atoms with Gasteiger partial charge in [0.2, 0.25) is 0 Å². The molecule has 3 aromatic carbocycles. The van der Waals surface area contributed by atoms with Crippen LogP contribution >= 0.6 is 0 Å². The molecule has 26 heavy (non-hydrogen) atoms. The number of aryl methyl sites for hydroxylation is 1. The standard InChI is InChI=1S/C20H18O5S/c1-14-3-8-17(9-4-14)26(22,23)25-20-10-6-15-5-7-16(24-2)13-19(15)18(20)11-12-21/h3-10,12-13H,11H2,1-2H3. The molecule has 0 saturated heterocycles. The summed E-state index contributed by atoms with van der Waals surface area (Å²) in [5.41, 5.74) is 1.45. The van der Waals surface area contributed by atoms with Crippen LogP contribution in [0.4, 0.5) is 0 Å². The Morgan fingerprint density at radius 1 is 1.00 bits per heavy atom. The van der Waals surface area contributed by atoms with Crippen LogP contribution in [0.2, 0.25) is 0 Å². The lowest BCUT2D eigenvalue weighted by Gasteiger charge is -2.13. The highest BCUT2D eigenvalue weighted by Crippen LogP contribution is 2.32. The molecule has 0 radical (unpaired) electrons. The van der Waals surface area contributed by atoms with Crippen molar-refractivity contribution in [2.75, 3.05) is 7.11 Å². The number of fused-ring (bicyclic) bond motifs is 1. The highest BCUT2D eigenvalue weighted by molar-refractivity contribution is 7.87. The first-order valence-corrected chi connectivity index (χ1v) is 9.40. The van der Waals surface area contributed by atoms with Gasteiger partial charge in [0.25, 0.3) is 0 Å². The summed E-state index contributed by atoms with van der Waals surface area (Å²) < 4.78 is 35.8. The smallest absolute Gasteiger partial charge is 0.339 e. The number of rotatable bonds is 6. The molecule has 0 aliphatic heterocycles. The lowest BCUT2D eigenvalue weighted by molar-refractivity contribution is -0.107. The molecule has 0 atom stereocenters. The van der Waals surface area contributed by atoms with Crippen LogP contribution in [0.3, 0.4) is 0 Å². The minimum atomic E-state index is -4.00. The fourth-order valence-electron chi connectivity index (χ4n) is 2.71. The van der Waals surface area contributed by atoms with Crippen LogP contribution in [0.15, 0.2) is 59.5 Å². The summed E-state index contributed by atoms with van der Waals surface area (Å²) >= 11 is 0. The minimum Gasteiger partial charge on any atom is -0.497 e. The van der Waals surface area contributed by atoms with Crippen molar-refractivity contribution < 1.29 is 22.1 Å². The van der Waals surface area contributed by atoms with Crippen LogP contribution in [0.25, 0.3) is 10.8 Å². The normalized spacial score (nSPS) is 11.3. The van der Waals surface area contributed by atoms with Crippen molar-refractivity contribution >= 4 is 27.2 Å². The third-order valence-corrected chi connectivity index (χ3v) is 5.34. The van der Waals surface area contributed by atoms with E-state index in [1.165, 1.54) is 12.1 Å². The van der Waals surface area contributed by atoms with Gasteiger partial charge in [-0.25, -0.2) is 0 Å². The average Bonchev–Trinajstić information content (AvgIpc) is 2.63. The number of ether oxygens (including phenoxy) is 1. The van der Waals surface area contributed by atoms with E-state index in [0.29, 0.717) is 16.7 Å². The molecule has 0 bridgehead atoms. The monoisotopic (exact) mass is 370 g/mol. The van der Waals surface area contributed by atoms with Crippen molar-refractivity contribution in [1.82, 2.24) is 0 Å². The van der Waals surface area contributed by atoms with E-state index in [4.69, 9.17) is 8.92 Å². The highest BCUT2D eigenvalue weighted by Gasteiger charge is 2.20. The van der Waals surface area contributed by atoms with Gasteiger partial charge in [-0.15, -0.1) is 0 Å². The van der Waals surface area contributed by atoms with Gasteiger partial charge >= 0.3 is 10.1 Å². The van der Waals surface area contributed by atoms with Crippen molar-refractivity contribution in [2.45, 2.75) is 18.2 Å². The first-order valence-electron chi connectivity index (χ1n) is 7.99. The van der Waals surface area contributed by atoms with Gasteiger partial charge in [0.1, 0.15) is 22.7 Å². The third kappa shape index (κ3) is 3.55. The summed E-state index contributed by atoms with van der Waals surface area (Å²) in [5.74, 6) is 0.751. The van der Waals surface area contributed by atoms with Crippen LogP contribution in [-0.4, -0.2) is 21.8 Å². The van der Waals surface area contributed by atoms with E-state index in [9.17, 15) is 13.2 Å². The number of carbonyl (C=O) groups is 1. The number of hydrogen-bond acceptors (Lipinski definition) is 5. The molecule has 0 spiro atoms. The number of methoxy groups -OCH3 is 1. The molecule has 0 heterocycles. The Labute approximate surface area is 152 Å². The second-order valence-electron chi connectivity index (χ2n) is 5.85. The Bertz CT molecular complexity index is 1050. The molecule has 0 saturated carbocycles. The molecule has 3 aromatic rings. The van der Waals surface area contributed by atoms with Crippen molar-refractivity contribution in [1.29, 1.82) is 0 Å². The van der Waals surface area contributed by atoms with E-state index in [1.807, 2.05) is 13.0 Å². The van der Waals surface area contributed by atoms with Gasteiger partial charge in [0.05, 0.1) is 7.11 Å². The molecule has 0 fully saturated rings. The molecule has 5 nitrogen and oxygen atoms in total. The van der Waals surface area contributed by atoms with Crippen molar-refractivity contribution in [3.8, 4) is 11.5 Å². The van der Waals surface area contributed by atoms with E-state index in [1.54, 1.807) is 43.5 Å². The Hall–Kier alpha value is -2.86. The summed E-state index contributed by atoms with van der Waals surface area (Å²) in [6.07, 6.45) is 0.753. The van der Waals surface area contributed by atoms with Gasteiger partial charge in [-0.1, -0.05) is 29.8 Å². The molecule has 0 aliphatic rings. The van der Waals surface area contributed by atoms with Gasteiger partial charge in [-0.05, 0) is 48.0 Å². The van der Waals surface area contributed by atoms with Crippen molar-refractivity contribution in [3.63, 3.8) is 0 Å².